The Morgan fingerprint density at radius 2 is 1.65 bits per heavy atom. The Morgan fingerprint density at radius 1 is 0.927 bits per heavy atom. The fraction of sp³-hybridized carbons (Fsp3) is 0.385. The normalized spacial score (nSPS) is 21.5. The molecule has 4 aromatic rings. The maximum absolute atomic E-state index is 14.0. The Labute approximate surface area is 325 Å². The first-order valence-corrected chi connectivity index (χ1v) is 19.6. The number of piperidine rings is 1. The molecule has 2 aromatic carbocycles. The number of aryl methyl sites for hydroxylation is 2. The van der Waals surface area contributed by atoms with E-state index in [4.69, 9.17) is 16.6 Å². The van der Waals surface area contributed by atoms with E-state index in [1.807, 2.05) is 42.2 Å². The molecule has 0 saturated carbocycles. The number of nitrogens with one attached hydrogen (secondary N) is 1. The number of carbonyl (C=O) groups excluding carboxylic acids is 5. The number of aliphatic imine (C=N–C) groups is 1. The van der Waals surface area contributed by atoms with Crippen molar-refractivity contribution in [3.63, 3.8) is 0 Å². The number of benzene rings is 2. The van der Waals surface area contributed by atoms with Gasteiger partial charge in [0.05, 0.1) is 23.3 Å². The van der Waals surface area contributed by atoms with E-state index >= 15 is 0 Å². The highest BCUT2D eigenvalue weighted by Crippen LogP contribution is 2.40. The van der Waals surface area contributed by atoms with Crippen molar-refractivity contribution in [1.29, 1.82) is 0 Å². The minimum Gasteiger partial charge on any atom is -0.368 e. The van der Waals surface area contributed by atoms with Crippen molar-refractivity contribution >= 4 is 63.9 Å². The highest BCUT2D eigenvalue weighted by Gasteiger charge is 2.45. The maximum atomic E-state index is 14.0. The van der Waals surface area contributed by atoms with Crippen LogP contribution in [-0.4, -0.2) is 116 Å². The molecule has 2 aromatic heterocycles. The number of imide groups is 2. The minimum atomic E-state index is -0.994. The summed E-state index contributed by atoms with van der Waals surface area (Å²) in [6.45, 7) is 10.3. The molecule has 0 radical (unpaired) electrons. The van der Waals surface area contributed by atoms with Gasteiger partial charge >= 0.3 is 0 Å². The van der Waals surface area contributed by atoms with Gasteiger partial charge in [-0.1, -0.05) is 23.7 Å². The summed E-state index contributed by atoms with van der Waals surface area (Å²) >= 11 is 7.94. The van der Waals surface area contributed by atoms with Crippen LogP contribution in [0.1, 0.15) is 79.2 Å². The second kappa shape index (κ2) is 13.5. The number of aromatic nitrogens is 3. The molecule has 5 aliphatic rings. The lowest BCUT2D eigenvalue weighted by molar-refractivity contribution is -0.136. The SMILES string of the molecule is Cc1sc2c(c1C)C(c1ccc(Cl)cc1)=N[C@@H](CC(=O)N1CCN(C3CN(c4ccc5c(c4)C(=O)N(C4CCC(=O)NC4=O)C5=O)C3)CC1)c1nnc(C)n1-2. The molecule has 2 atom stereocenters. The zero-order valence-corrected chi connectivity index (χ0v) is 32.1. The standard InChI is InChI=1S/C39H38ClN9O5S/c1-20-21(2)55-39-33(20)34(23-4-6-24(40)7-5-23)41-29(35-44-43-22(3)48(35)39)17-32(51)46-14-12-45(13-15-46)26-18-47(19-26)25-8-9-27-28(16-25)38(54)49(37(27)53)30-10-11-31(50)42-36(30)52/h4-9,16,26,29-30H,10-15,17-19H2,1-3H3,(H,42,50,52)/t29-,30?/m0/s1. The molecule has 9 rings (SSSR count). The number of fused-ring (bicyclic) bond motifs is 4. The van der Waals surface area contributed by atoms with Gasteiger partial charge in [-0.05, 0) is 63.1 Å². The summed E-state index contributed by atoms with van der Waals surface area (Å²) in [7, 11) is 0. The molecular weight excluding hydrogens is 742 g/mol. The Hall–Kier alpha value is -5.25. The van der Waals surface area contributed by atoms with E-state index in [0.717, 1.165) is 70.0 Å². The molecule has 0 spiro atoms. The largest absolute Gasteiger partial charge is 0.368 e. The zero-order chi connectivity index (χ0) is 38.3. The predicted molar refractivity (Wildman–Crippen MR) is 205 cm³/mol. The molecule has 55 heavy (non-hydrogen) atoms. The van der Waals surface area contributed by atoms with Gasteiger partial charge in [0.2, 0.25) is 17.7 Å². The fourth-order valence-electron chi connectivity index (χ4n) is 8.32. The number of hydrogen-bond donors (Lipinski definition) is 1. The van der Waals surface area contributed by atoms with Crippen LogP contribution in [0, 0.1) is 20.8 Å². The van der Waals surface area contributed by atoms with E-state index in [2.05, 4.69) is 43.7 Å². The molecule has 1 N–H and O–H groups in total. The van der Waals surface area contributed by atoms with Crippen LogP contribution in [0.25, 0.3) is 5.00 Å². The highest BCUT2D eigenvalue weighted by molar-refractivity contribution is 7.15. The van der Waals surface area contributed by atoms with Crippen molar-refractivity contribution in [2.45, 2.75) is 58.2 Å². The van der Waals surface area contributed by atoms with Crippen molar-refractivity contribution in [2.75, 3.05) is 44.2 Å². The molecule has 5 aliphatic heterocycles. The van der Waals surface area contributed by atoms with Crippen molar-refractivity contribution in [2.24, 2.45) is 4.99 Å². The quantitative estimate of drug-likeness (QED) is 0.289. The summed E-state index contributed by atoms with van der Waals surface area (Å²) in [5, 5.41) is 12.9. The third kappa shape index (κ3) is 5.96. The monoisotopic (exact) mass is 779 g/mol. The second-order valence-corrected chi connectivity index (χ2v) is 16.4. The van der Waals surface area contributed by atoms with Gasteiger partial charge in [-0.15, -0.1) is 21.5 Å². The lowest BCUT2D eigenvalue weighted by Crippen LogP contribution is -2.63. The highest BCUT2D eigenvalue weighted by atomic mass is 35.5. The molecule has 1 unspecified atom stereocenters. The number of anilines is 1. The zero-order valence-electron chi connectivity index (χ0n) is 30.5. The van der Waals surface area contributed by atoms with Crippen LogP contribution in [-0.2, 0) is 14.4 Å². The molecular formula is C39H38ClN9O5S. The molecule has 0 aliphatic carbocycles. The molecule has 282 valence electrons. The summed E-state index contributed by atoms with van der Waals surface area (Å²) < 4.78 is 2.06. The van der Waals surface area contributed by atoms with Crippen molar-refractivity contribution < 1.29 is 24.0 Å². The lowest BCUT2D eigenvalue weighted by atomic mass is 9.99. The van der Waals surface area contributed by atoms with Gasteiger partial charge in [-0.3, -0.25) is 48.6 Å². The molecule has 16 heteroatoms. The van der Waals surface area contributed by atoms with E-state index < -0.39 is 35.7 Å². The van der Waals surface area contributed by atoms with Crippen LogP contribution < -0.4 is 10.2 Å². The van der Waals surface area contributed by atoms with E-state index in [1.165, 1.54) is 4.88 Å². The first-order valence-electron chi connectivity index (χ1n) is 18.5. The maximum Gasteiger partial charge on any atom is 0.262 e. The van der Waals surface area contributed by atoms with Gasteiger partial charge in [-0.2, -0.15) is 0 Å². The fourth-order valence-corrected chi connectivity index (χ4v) is 9.66. The van der Waals surface area contributed by atoms with Gasteiger partial charge in [0.25, 0.3) is 11.8 Å². The second-order valence-electron chi connectivity index (χ2n) is 14.8. The number of thiophene rings is 1. The van der Waals surface area contributed by atoms with Crippen LogP contribution in [0.4, 0.5) is 5.69 Å². The lowest BCUT2D eigenvalue weighted by Gasteiger charge is -2.49. The molecule has 14 nitrogen and oxygen atoms in total. The minimum absolute atomic E-state index is 0.0214. The molecule has 3 fully saturated rings. The smallest absolute Gasteiger partial charge is 0.262 e. The number of carbonyl (C=O) groups is 5. The summed E-state index contributed by atoms with van der Waals surface area (Å²) in [6, 6.07) is 11.6. The van der Waals surface area contributed by atoms with E-state index in [9.17, 15) is 24.0 Å². The number of piperazine rings is 1. The van der Waals surface area contributed by atoms with Gasteiger partial charge in [0.1, 0.15) is 22.9 Å². The Morgan fingerprint density at radius 3 is 2.38 bits per heavy atom. The third-order valence-corrected chi connectivity index (χ3v) is 13.0. The summed E-state index contributed by atoms with van der Waals surface area (Å²) in [6.07, 6.45) is 0.362. The molecule has 7 heterocycles. The third-order valence-electron chi connectivity index (χ3n) is 11.6. The average molecular weight is 780 g/mol. The topological polar surface area (TPSA) is 153 Å². The summed E-state index contributed by atoms with van der Waals surface area (Å²) in [4.78, 5) is 78.4. The first-order chi connectivity index (χ1) is 26.5. The van der Waals surface area contributed by atoms with Crippen LogP contribution in [0.5, 0.6) is 0 Å². The predicted octanol–water partition coefficient (Wildman–Crippen LogP) is 3.62. The van der Waals surface area contributed by atoms with Crippen molar-refractivity contribution in [3.05, 3.63) is 91.8 Å². The first kappa shape index (κ1) is 35.5. The van der Waals surface area contributed by atoms with E-state index in [-0.39, 0.29) is 42.3 Å². The number of rotatable bonds is 6. The van der Waals surface area contributed by atoms with Gasteiger partial charge in [0.15, 0.2) is 5.82 Å². The van der Waals surface area contributed by atoms with Gasteiger partial charge < -0.3 is 9.80 Å². The van der Waals surface area contributed by atoms with Gasteiger partial charge in [-0.25, -0.2) is 0 Å². The number of halogens is 1. The van der Waals surface area contributed by atoms with E-state index in [1.54, 1.807) is 23.5 Å². The van der Waals surface area contributed by atoms with Gasteiger partial charge in [0, 0.05) is 78.4 Å². The number of hydrogen-bond acceptors (Lipinski definition) is 11. The number of amides is 5. The Balaban J connectivity index is 0.853. The van der Waals surface area contributed by atoms with Crippen LogP contribution in [0.3, 0.4) is 0 Å². The molecule has 5 amide bonds. The van der Waals surface area contributed by atoms with E-state index in [0.29, 0.717) is 23.9 Å². The number of nitrogens with zero attached hydrogens (tertiary/aromatic N) is 8. The van der Waals surface area contributed by atoms with Crippen LogP contribution in [0.2, 0.25) is 5.02 Å². The van der Waals surface area contributed by atoms with Crippen LogP contribution >= 0.6 is 22.9 Å². The van der Waals surface area contributed by atoms with Crippen molar-refractivity contribution in [3.8, 4) is 5.00 Å². The average Bonchev–Trinajstić information content (AvgIpc) is 3.72. The Bertz CT molecular complexity index is 2340. The van der Waals surface area contributed by atoms with Crippen molar-refractivity contribution in [1.82, 2.24) is 34.8 Å². The Kier molecular flexibility index (Phi) is 8.70. The molecule has 3 saturated heterocycles. The molecule has 0 bridgehead atoms. The van der Waals surface area contributed by atoms with Crippen LogP contribution in [0.15, 0.2) is 47.5 Å². The summed E-state index contributed by atoms with van der Waals surface area (Å²) in [5.74, 6) is -0.622. The summed E-state index contributed by atoms with van der Waals surface area (Å²) in [5.41, 5.74) is 5.29.